The summed E-state index contributed by atoms with van der Waals surface area (Å²) in [6.07, 6.45) is -6.71. The minimum atomic E-state index is -1.35. The van der Waals surface area contributed by atoms with Gasteiger partial charge in [0.1, 0.15) is 57.7 Å². The van der Waals surface area contributed by atoms with E-state index in [0.29, 0.717) is 21.1 Å². The summed E-state index contributed by atoms with van der Waals surface area (Å²) in [7, 11) is 2.24. The predicted molar refractivity (Wildman–Crippen MR) is 137 cm³/mol. The number of hydrogen-bond donors (Lipinski definition) is 8. The molecule has 8 atom stereocenters. The van der Waals surface area contributed by atoms with E-state index in [1.807, 2.05) is 0 Å². The van der Waals surface area contributed by atoms with Gasteiger partial charge in [-0.25, -0.2) is 19.9 Å². The Bertz CT molecular complexity index is 1440. The first-order valence-electron chi connectivity index (χ1n) is 11.8. The molecule has 4 aromatic heterocycles. The Morgan fingerprint density at radius 2 is 1.07 bits per heavy atom. The van der Waals surface area contributed by atoms with Crippen LogP contribution >= 0.6 is 21.6 Å². The van der Waals surface area contributed by atoms with Crippen LogP contribution in [0.15, 0.2) is 22.7 Å². The van der Waals surface area contributed by atoms with Gasteiger partial charge in [-0.3, -0.25) is 9.13 Å². The second kappa shape index (κ2) is 10.5. The fourth-order valence-electron chi connectivity index (χ4n) is 4.60. The average Bonchev–Trinajstić information content (AvgIpc) is 3.68. The lowest BCUT2D eigenvalue weighted by atomic mass is 10.1. The molecule has 0 radical (unpaired) electrons. The van der Waals surface area contributed by atoms with E-state index in [1.54, 1.807) is 0 Å². The molecule has 6 rings (SSSR count). The molecule has 18 nitrogen and oxygen atoms in total. The summed E-state index contributed by atoms with van der Waals surface area (Å²) < 4.78 is 14.0. The topological polar surface area (TPSA) is 279 Å². The third-order valence-corrected chi connectivity index (χ3v) is 8.76. The number of aromatic nitrogens is 8. The van der Waals surface area contributed by atoms with Crippen molar-refractivity contribution in [3.05, 3.63) is 12.7 Å². The van der Waals surface area contributed by atoms with Crippen LogP contribution in [0.2, 0.25) is 0 Å². The van der Waals surface area contributed by atoms with Crippen molar-refractivity contribution in [2.45, 2.75) is 59.1 Å². The van der Waals surface area contributed by atoms with Gasteiger partial charge in [-0.1, -0.05) is 0 Å². The fraction of sp³-hybridized carbons (Fsp3) is 0.500. The lowest BCUT2D eigenvalue weighted by molar-refractivity contribution is -0.0511. The van der Waals surface area contributed by atoms with Gasteiger partial charge in [0.05, 0.1) is 25.9 Å². The molecule has 40 heavy (non-hydrogen) atoms. The number of aliphatic hydroxyl groups excluding tert-OH is 6. The standard InChI is InChI=1S/C20H24N10O8S2/c21-19-25-13-7(23-3-29(13)17-11(35)9(33)5(1-31)37-17)15(27-19)39-40-16-8-14(26-20(22)28-16)30(4-24-8)18-12(36)10(34)6(2-32)38-18/h3-6,9-12,17-18,31-36H,1-2H2,(H2,21,25,27)(H2,22,26,28)/t5-,6-,9+,10+,11-,12+,17-,18-/m0/s1. The van der Waals surface area contributed by atoms with E-state index in [1.165, 1.54) is 21.8 Å². The van der Waals surface area contributed by atoms with Crippen molar-refractivity contribution < 1.29 is 40.1 Å². The van der Waals surface area contributed by atoms with Crippen LogP contribution < -0.4 is 11.5 Å². The zero-order valence-corrected chi connectivity index (χ0v) is 21.9. The van der Waals surface area contributed by atoms with Crippen molar-refractivity contribution in [1.29, 1.82) is 0 Å². The van der Waals surface area contributed by atoms with E-state index < -0.39 is 62.3 Å². The maximum Gasteiger partial charge on any atom is 0.223 e. The SMILES string of the molecule is Nc1nc(SSc2nc(N)nc3c2ncn3[C@H]2O[C@@H](CO)[C@@H](O)[C@@H]2O)c2ncn([C@H]3O[C@@H](CO)[C@@H](O)[C@H]3O)c2n1. The van der Waals surface area contributed by atoms with Crippen LogP contribution in [0.25, 0.3) is 22.3 Å². The van der Waals surface area contributed by atoms with E-state index >= 15 is 0 Å². The van der Waals surface area contributed by atoms with Crippen LogP contribution in [-0.4, -0.2) is 120 Å². The van der Waals surface area contributed by atoms with Crippen molar-refractivity contribution in [3.63, 3.8) is 0 Å². The lowest BCUT2D eigenvalue weighted by Crippen LogP contribution is -2.33. The van der Waals surface area contributed by atoms with Crippen LogP contribution in [0.1, 0.15) is 12.5 Å². The number of fused-ring (bicyclic) bond motifs is 2. The van der Waals surface area contributed by atoms with Crippen LogP contribution in [0.4, 0.5) is 11.9 Å². The highest BCUT2D eigenvalue weighted by atomic mass is 33.1. The Morgan fingerprint density at radius 1 is 0.675 bits per heavy atom. The van der Waals surface area contributed by atoms with Gasteiger partial charge in [0, 0.05) is 0 Å². The number of nitrogen functional groups attached to an aromatic ring is 2. The quantitative estimate of drug-likeness (QED) is 0.0787. The average molecular weight is 597 g/mol. The molecular weight excluding hydrogens is 572 g/mol. The van der Waals surface area contributed by atoms with Gasteiger partial charge in [0.25, 0.3) is 0 Å². The third kappa shape index (κ3) is 4.41. The Kier molecular flexibility index (Phi) is 7.14. The molecule has 10 N–H and O–H groups in total. The van der Waals surface area contributed by atoms with Gasteiger partial charge < -0.3 is 51.6 Å². The van der Waals surface area contributed by atoms with Gasteiger partial charge in [0.2, 0.25) is 11.9 Å². The summed E-state index contributed by atoms with van der Waals surface area (Å²) in [5, 5.41) is 60.7. The lowest BCUT2D eigenvalue weighted by Gasteiger charge is -2.16. The van der Waals surface area contributed by atoms with Gasteiger partial charge in [-0.05, 0) is 21.6 Å². The van der Waals surface area contributed by atoms with Crippen molar-refractivity contribution in [2.24, 2.45) is 0 Å². The summed E-state index contributed by atoms with van der Waals surface area (Å²) in [5.41, 5.74) is 13.0. The first kappa shape index (κ1) is 27.3. The summed E-state index contributed by atoms with van der Waals surface area (Å²) >= 11 is 0. The highest BCUT2D eigenvalue weighted by Gasteiger charge is 2.45. The maximum atomic E-state index is 10.4. The Morgan fingerprint density at radius 3 is 1.43 bits per heavy atom. The Labute approximate surface area is 231 Å². The van der Waals surface area contributed by atoms with E-state index in [-0.39, 0.29) is 23.2 Å². The molecule has 0 aliphatic carbocycles. The summed E-state index contributed by atoms with van der Waals surface area (Å²) in [4.78, 5) is 25.6. The van der Waals surface area contributed by atoms with Gasteiger partial charge in [0.15, 0.2) is 23.8 Å². The Hall–Kier alpha value is -2.92. The normalized spacial score (nSPS) is 30.6. The molecule has 0 bridgehead atoms. The molecule has 4 aromatic rings. The number of aliphatic hydroxyl groups is 6. The number of hydrogen-bond acceptors (Lipinski definition) is 18. The Balaban J connectivity index is 1.30. The molecule has 0 aromatic carbocycles. The van der Waals surface area contributed by atoms with Crippen molar-refractivity contribution in [2.75, 3.05) is 24.7 Å². The molecule has 0 spiro atoms. The van der Waals surface area contributed by atoms with Gasteiger partial charge in [-0.2, -0.15) is 9.97 Å². The first-order valence-corrected chi connectivity index (χ1v) is 14.0. The van der Waals surface area contributed by atoms with Crippen molar-refractivity contribution >= 4 is 55.8 Å². The molecule has 214 valence electrons. The monoisotopic (exact) mass is 596 g/mol. The maximum absolute atomic E-state index is 10.4. The minimum absolute atomic E-state index is 0.0925. The van der Waals surface area contributed by atoms with Crippen LogP contribution in [0, 0.1) is 0 Å². The largest absolute Gasteiger partial charge is 0.394 e. The second-order valence-corrected chi connectivity index (χ2v) is 11.2. The number of imidazole rings is 2. The van der Waals surface area contributed by atoms with Crippen LogP contribution in [-0.2, 0) is 9.47 Å². The zero-order chi connectivity index (χ0) is 28.3. The summed E-state index contributed by atoms with van der Waals surface area (Å²) in [6, 6.07) is 0. The van der Waals surface area contributed by atoms with E-state index in [9.17, 15) is 30.6 Å². The molecule has 0 unspecified atom stereocenters. The number of rotatable bonds is 7. The number of anilines is 2. The van der Waals surface area contributed by atoms with E-state index in [4.69, 9.17) is 20.9 Å². The van der Waals surface area contributed by atoms with Gasteiger partial charge in [-0.15, -0.1) is 0 Å². The highest BCUT2D eigenvalue weighted by Crippen LogP contribution is 2.42. The fourth-order valence-corrected chi connectivity index (χ4v) is 6.64. The molecule has 20 heteroatoms. The molecule has 2 aliphatic rings. The number of nitrogens with zero attached hydrogens (tertiary/aromatic N) is 8. The molecule has 2 saturated heterocycles. The summed E-state index contributed by atoms with van der Waals surface area (Å²) in [5.74, 6) is -0.185. The molecule has 6 heterocycles. The minimum Gasteiger partial charge on any atom is -0.394 e. The highest BCUT2D eigenvalue weighted by molar-refractivity contribution is 8.76. The van der Waals surface area contributed by atoms with E-state index in [2.05, 4.69) is 29.9 Å². The molecule has 2 fully saturated rings. The second-order valence-electron chi connectivity index (χ2n) is 9.05. The zero-order valence-electron chi connectivity index (χ0n) is 20.2. The van der Waals surface area contributed by atoms with Gasteiger partial charge >= 0.3 is 0 Å². The van der Waals surface area contributed by atoms with Crippen molar-refractivity contribution in [3.8, 4) is 0 Å². The van der Waals surface area contributed by atoms with E-state index in [0.717, 1.165) is 21.6 Å². The number of nitrogens with two attached hydrogens (primary N) is 2. The van der Waals surface area contributed by atoms with Crippen LogP contribution in [0.5, 0.6) is 0 Å². The molecule has 2 aliphatic heterocycles. The molecule has 0 saturated carbocycles. The third-order valence-electron chi connectivity index (χ3n) is 6.60. The summed E-state index contributed by atoms with van der Waals surface area (Å²) in [6.45, 7) is -0.978. The molecule has 0 amide bonds. The predicted octanol–water partition coefficient (Wildman–Crippen LogP) is -2.85. The molecular formula is C20H24N10O8S2. The van der Waals surface area contributed by atoms with Crippen LogP contribution in [0.3, 0.4) is 0 Å². The smallest absolute Gasteiger partial charge is 0.223 e. The van der Waals surface area contributed by atoms with Crippen molar-refractivity contribution in [1.82, 2.24) is 39.0 Å². The first-order chi connectivity index (χ1) is 19.2. The number of ether oxygens (including phenoxy) is 2.